The first-order valence-electron chi connectivity index (χ1n) is 9.64. The number of nitrogens with one attached hydrogen (secondary N) is 1. The van der Waals surface area contributed by atoms with Gasteiger partial charge in [-0.1, -0.05) is 12.8 Å². The van der Waals surface area contributed by atoms with E-state index < -0.39 is 32.7 Å². The van der Waals surface area contributed by atoms with Crippen LogP contribution in [0.15, 0.2) is 18.2 Å². The molecule has 0 aromatic heterocycles. The van der Waals surface area contributed by atoms with Gasteiger partial charge in [-0.3, -0.25) is 4.79 Å². The molecule has 0 atom stereocenters. The molecule has 2 fully saturated rings. The van der Waals surface area contributed by atoms with E-state index in [0.29, 0.717) is 31.6 Å². The molecule has 0 unspecified atom stereocenters. The number of hydrogen-bond acceptors (Lipinski definition) is 4. The van der Waals surface area contributed by atoms with E-state index in [4.69, 9.17) is 0 Å². The molecule has 28 heavy (non-hydrogen) atoms. The molecule has 0 bridgehead atoms. The second kappa shape index (κ2) is 8.31. The molecule has 3 rings (SSSR count). The van der Waals surface area contributed by atoms with E-state index in [1.165, 1.54) is 6.07 Å². The maximum atomic E-state index is 13.1. The quantitative estimate of drug-likeness (QED) is 0.759. The Morgan fingerprint density at radius 2 is 1.75 bits per heavy atom. The van der Waals surface area contributed by atoms with Gasteiger partial charge >= 0.3 is 6.18 Å². The molecular weight excluding hydrogens is 393 g/mol. The van der Waals surface area contributed by atoms with Crippen molar-refractivity contribution in [2.75, 3.05) is 29.1 Å². The first kappa shape index (κ1) is 21.0. The lowest BCUT2D eigenvalue weighted by Crippen LogP contribution is -2.25. The predicted molar refractivity (Wildman–Crippen MR) is 102 cm³/mol. The third-order valence-corrected chi connectivity index (χ3v) is 7.73. The van der Waals surface area contributed by atoms with E-state index >= 15 is 0 Å². The summed E-state index contributed by atoms with van der Waals surface area (Å²) < 4.78 is 63.9. The molecule has 2 aliphatic rings. The summed E-state index contributed by atoms with van der Waals surface area (Å²) in [5, 5.41) is 2.12. The number of halogens is 3. The van der Waals surface area contributed by atoms with Gasteiger partial charge in [-0.15, -0.1) is 0 Å². The van der Waals surface area contributed by atoms with Crippen LogP contribution < -0.4 is 10.2 Å². The van der Waals surface area contributed by atoms with Gasteiger partial charge in [0.25, 0.3) is 0 Å². The van der Waals surface area contributed by atoms with E-state index in [-0.39, 0.29) is 17.9 Å². The number of hydrogen-bond donors (Lipinski definition) is 1. The Hall–Kier alpha value is -1.77. The predicted octanol–water partition coefficient (Wildman–Crippen LogP) is 3.99. The number of carbonyl (C=O) groups excluding carboxylic acids is 1. The lowest BCUT2D eigenvalue weighted by molar-refractivity contribution is -0.137. The number of anilines is 2. The van der Waals surface area contributed by atoms with Gasteiger partial charge in [0.05, 0.1) is 27.9 Å². The lowest BCUT2D eigenvalue weighted by Gasteiger charge is -2.23. The maximum absolute atomic E-state index is 13.1. The summed E-state index contributed by atoms with van der Waals surface area (Å²) in [6, 6.07) is 3.31. The molecule has 5 nitrogen and oxygen atoms in total. The summed E-state index contributed by atoms with van der Waals surface area (Å²) in [6.45, 7) is 1.43. The van der Waals surface area contributed by atoms with Crippen molar-refractivity contribution in [2.45, 2.75) is 56.4 Å². The van der Waals surface area contributed by atoms with Crippen LogP contribution in [0.25, 0.3) is 0 Å². The highest BCUT2D eigenvalue weighted by Crippen LogP contribution is 2.36. The third kappa shape index (κ3) is 4.98. The van der Waals surface area contributed by atoms with Gasteiger partial charge in [0.1, 0.15) is 0 Å². The molecule has 0 spiro atoms. The molecule has 1 aromatic rings. The fraction of sp³-hybridized carbons (Fsp3) is 0.632. The second-order valence-electron chi connectivity index (χ2n) is 7.50. The Kier molecular flexibility index (Phi) is 6.21. The van der Waals surface area contributed by atoms with Crippen molar-refractivity contribution in [3.05, 3.63) is 23.8 Å². The molecule has 1 N–H and O–H groups in total. The van der Waals surface area contributed by atoms with Crippen molar-refractivity contribution in [1.29, 1.82) is 0 Å². The van der Waals surface area contributed by atoms with E-state index in [9.17, 15) is 26.4 Å². The van der Waals surface area contributed by atoms with E-state index in [0.717, 1.165) is 37.8 Å². The Balaban J connectivity index is 1.72. The number of sulfone groups is 1. The maximum Gasteiger partial charge on any atom is 0.416 e. The minimum Gasteiger partial charge on any atom is -0.370 e. The van der Waals surface area contributed by atoms with E-state index in [1.54, 1.807) is 0 Å². The van der Waals surface area contributed by atoms with Crippen molar-refractivity contribution in [3.8, 4) is 0 Å². The van der Waals surface area contributed by atoms with Crippen LogP contribution in [0.5, 0.6) is 0 Å². The van der Waals surface area contributed by atoms with Crippen molar-refractivity contribution < 1.29 is 26.4 Å². The monoisotopic (exact) mass is 418 g/mol. The fourth-order valence-electron chi connectivity index (χ4n) is 3.91. The number of benzene rings is 1. The van der Waals surface area contributed by atoms with Crippen LogP contribution in [0.1, 0.15) is 50.5 Å². The van der Waals surface area contributed by atoms with Crippen molar-refractivity contribution in [3.63, 3.8) is 0 Å². The van der Waals surface area contributed by atoms with Crippen molar-refractivity contribution >= 4 is 27.1 Å². The average molecular weight is 418 g/mol. The lowest BCUT2D eigenvalue weighted by atomic mass is 10.1. The second-order valence-corrected chi connectivity index (χ2v) is 9.90. The smallest absolute Gasteiger partial charge is 0.370 e. The van der Waals surface area contributed by atoms with Crippen molar-refractivity contribution in [1.82, 2.24) is 0 Å². The number of alkyl halides is 3. The van der Waals surface area contributed by atoms with Crippen LogP contribution in [0.3, 0.4) is 0 Å². The number of nitrogens with zero attached hydrogens (tertiary/aromatic N) is 1. The van der Waals surface area contributed by atoms with Crippen LogP contribution in [-0.4, -0.2) is 38.4 Å². The molecule has 1 heterocycles. The zero-order chi connectivity index (χ0) is 20.4. The summed E-state index contributed by atoms with van der Waals surface area (Å²) in [5.41, 5.74) is -0.221. The molecule has 1 aliphatic carbocycles. The molecule has 1 aromatic carbocycles. The van der Waals surface area contributed by atoms with Gasteiger partial charge < -0.3 is 10.2 Å². The molecule has 1 saturated heterocycles. The van der Waals surface area contributed by atoms with Gasteiger partial charge in [-0.2, -0.15) is 13.2 Å². The minimum absolute atomic E-state index is 0.0833. The Morgan fingerprint density at radius 3 is 2.36 bits per heavy atom. The number of carbonyl (C=O) groups is 1. The SMILES string of the molecule is O=C(CCS(=O)(=O)C1CCCC1)Nc1cc(C(F)(F)F)ccc1N1CCCC1. The molecule has 9 heteroatoms. The van der Waals surface area contributed by atoms with Crippen LogP contribution in [-0.2, 0) is 20.8 Å². The zero-order valence-corrected chi connectivity index (χ0v) is 16.4. The van der Waals surface area contributed by atoms with Gasteiger partial charge in [0, 0.05) is 19.5 Å². The van der Waals surface area contributed by atoms with Gasteiger partial charge in [-0.05, 0) is 43.9 Å². The van der Waals surface area contributed by atoms with Gasteiger partial charge in [-0.25, -0.2) is 8.42 Å². The Morgan fingerprint density at radius 1 is 1.11 bits per heavy atom. The van der Waals surface area contributed by atoms with E-state index in [2.05, 4.69) is 5.32 Å². The van der Waals surface area contributed by atoms with Crippen LogP contribution in [0.2, 0.25) is 0 Å². The highest BCUT2D eigenvalue weighted by Gasteiger charge is 2.32. The average Bonchev–Trinajstić information content (AvgIpc) is 3.33. The summed E-state index contributed by atoms with van der Waals surface area (Å²) in [5.74, 6) is -0.858. The molecule has 1 saturated carbocycles. The largest absolute Gasteiger partial charge is 0.416 e. The highest BCUT2D eigenvalue weighted by atomic mass is 32.2. The van der Waals surface area contributed by atoms with Gasteiger partial charge in [0.2, 0.25) is 5.91 Å². The standard InChI is InChI=1S/C19H25F3N2O3S/c20-19(21,22)14-7-8-17(24-10-3-4-11-24)16(13-14)23-18(25)9-12-28(26,27)15-5-1-2-6-15/h7-8,13,15H,1-6,9-12H2,(H,23,25). The van der Waals surface area contributed by atoms with E-state index in [1.807, 2.05) is 4.90 Å². The van der Waals surface area contributed by atoms with Crippen LogP contribution in [0, 0.1) is 0 Å². The molecule has 1 aliphatic heterocycles. The minimum atomic E-state index is -4.52. The Labute approximate surface area is 163 Å². The molecule has 156 valence electrons. The highest BCUT2D eigenvalue weighted by molar-refractivity contribution is 7.92. The van der Waals surface area contributed by atoms with Crippen molar-refractivity contribution in [2.24, 2.45) is 0 Å². The first-order valence-corrected chi connectivity index (χ1v) is 11.4. The summed E-state index contributed by atoms with van der Waals surface area (Å²) in [4.78, 5) is 14.3. The fourth-order valence-corrected chi connectivity index (χ4v) is 5.76. The third-order valence-electron chi connectivity index (χ3n) is 5.47. The zero-order valence-electron chi connectivity index (χ0n) is 15.6. The first-order chi connectivity index (χ1) is 13.2. The molecule has 1 amide bonds. The molecular formula is C19H25F3N2O3S. The van der Waals surface area contributed by atoms with Gasteiger partial charge in [0.15, 0.2) is 9.84 Å². The Bertz CT molecular complexity index is 812. The van der Waals surface area contributed by atoms with Crippen LogP contribution >= 0.6 is 0 Å². The summed E-state index contributed by atoms with van der Waals surface area (Å²) in [7, 11) is -3.36. The normalized spacial score (nSPS) is 18.6. The number of rotatable bonds is 6. The summed E-state index contributed by atoms with van der Waals surface area (Å²) in [6.07, 6.45) is 0.0951. The number of amides is 1. The summed E-state index contributed by atoms with van der Waals surface area (Å²) >= 11 is 0. The topological polar surface area (TPSA) is 66.5 Å². The van der Waals surface area contributed by atoms with Crippen LogP contribution in [0.4, 0.5) is 24.5 Å². The molecule has 0 radical (unpaired) electrons.